The van der Waals surface area contributed by atoms with E-state index in [9.17, 15) is 29.1 Å². The molecule has 4 amide bonds. The third-order valence-electron chi connectivity index (χ3n) is 10.1. The molecule has 2 aliphatic heterocycles. The van der Waals surface area contributed by atoms with Crippen molar-refractivity contribution in [3.05, 3.63) is 101 Å². The first kappa shape index (κ1) is 28.2. The number of halogens is 1. The Kier molecular flexibility index (Phi) is 6.41. The Labute approximate surface area is 258 Å². The maximum Gasteiger partial charge on any atom is 0.241 e. The number of nitrogens with zero attached hydrogens (tertiary/aromatic N) is 2. The molecular weight excluding hydrogens is 580 g/mol. The summed E-state index contributed by atoms with van der Waals surface area (Å²) in [7, 11) is 0. The molecule has 3 aromatic carbocycles. The van der Waals surface area contributed by atoms with Gasteiger partial charge in [0, 0.05) is 22.1 Å². The van der Waals surface area contributed by atoms with Crippen LogP contribution in [0.5, 0.6) is 5.75 Å². The maximum atomic E-state index is 14.4. The van der Waals surface area contributed by atoms with Gasteiger partial charge in [-0.1, -0.05) is 41.4 Å². The third-order valence-corrected chi connectivity index (χ3v) is 10.4. The maximum absolute atomic E-state index is 14.4. The molecule has 0 bridgehead atoms. The van der Waals surface area contributed by atoms with Crippen LogP contribution in [0, 0.1) is 29.1 Å². The highest BCUT2D eigenvalue weighted by molar-refractivity contribution is 6.30. The molecule has 1 saturated carbocycles. The molecule has 44 heavy (non-hydrogen) atoms. The molecule has 3 aromatic rings. The number of hydrogen-bond donors (Lipinski definition) is 1. The predicted molar refractivity (Wildman–Crippen MR) is 163 cm³/mol. The van der Waals surface area contributed by atoms with E-state index < -0.39 is 35.0 Å². The summed E-state index contributed by atoms with van der Waals surface area (Å²) in [6, 6.07) is 19.8. The first-order valence-corrected chi connectivity index (χ1v) is 15.0. The Bertz CT molecular complexity index is 1800. The van der Waals surface area contributed by atoms with Crippen LogP contribution in [0.1, 0.15) is 48.5 Å². The quantitative estimate of drug-likeness (QED) is 0.232. The fourth-order valence-electron chi connectivity index (χ4n) is 8.04. The molecule has 0 radical (unpaired) electrons. The van der Waals surface area contributed by atoms with Crippen molar-refractivity contribution in [2.24, 2.45) is 29.1 Å². The highest BCUT2D eigenvalue weighted by atomic mass is 35.5. The molecule has 4 aliphatic rings. The number of imide groups is 2. The number of fused-ring (bicyclic) bond motifs is 4. The number of anilines is 2. The van der Waals surface area contributed by atoms with Crippen LogP contribution in [0.15, 0.2) is 84.4 Å². The molecule has 2 aliphatic carbocycles. The molecule has 2 heterocycles. The summed E-state index contributed by atoms with van der Waals surface area (Å²) in [6.07, 6.45) is 2.40. The lowest BCUT2D eigenvalue weighted by molar-refractivity contribution is -0.131. The summed E-state index contributed by atoms with van der Waals surface area (Å²) in [4.78, 5) is 70.7. The number of para-hydroxylation sites is 1. The number of aromatic hydroxyl groups is 1. The van der Waals surface area contributed by atoms with Crippen molar-refractivity contribution in [3.63, 3.8) is 0 Å². The monoisotopic (exact) mass is 608 g/mol. The van der Waals surface area contributed by atoms with Gasteiger partial charge < -0.3 is 5.11 Å². The number of carbonyl (C=O) groups is 5. The first-order chi connectivity index (χ1) is 21.0. The fraction of sp³-hybridized carbons (Fsp3) is 0.286. The molecule has 3 fully saturated rings. The number of rotatable bonds is 4. The van der Waals surface area contributed by atoms with Gasteiger partial charge in [0.05, 0.1) is 34.5 Å². The Morgan fingerprint density at radius 2 is 1.55 bits per heavy atom. The third kappa shape index (κ3) is 3.86. The van der Waals surface area contributed by atoms with Gasteiger partial charge in [0.2, 0.25) is 23.6 Å². The van der Waals surface area contributed by atoms with Gasteiger partial charge in [-0.15, -0.1) is 0 Å². The summed E-state index contributed by atoms with van der Waals surface area (Å²) < 4.78 is 0. The SMILES string of the molecule is CC(=O)c1ccc(N2C(=O)[C@H]3[C@H](CC=C4[C@H]3C[C@H]3C(=O)N(c5ccccc5)C(=O)[C@@]3(C)[C@H]4c3cc(Cl)ccc3O)C2=O)cc1. The van der Waals surface area contributed by atoms with E-state index in [1.165, 1.54) is 22.8 Å². The van der Waals surface area contributed by atoms with Crippen LogP contribution in [0.2, 0.25) is 5.02 Å². The molecule has 7 rings (SSSR count). The smallest absolute Gasteiger partial charge is 0.241 e. The minimum atomic E-state index is -1.28. The summed E-state index contributed by atoms with van der Waals surface area (Å²) in [5.41, 5.74) is 1.19. The second kappa shape index (κ2) is 9.99. The van der Waals surface area contributed by atoms with Crippen LogP contribution < -0.4 is 9.80 Å². The number of allylic oxidation sites excluding steroid dienone is 2. The largest absolute Gasteiger partial charge is 0.508 e. The molecule has 0 unspecified atom stereocenters. The lowest BCUT2D eigenvalue weighted by atomic mass is 9.51. The lowest BCUT2D eigenvalue weighted by Gasteiger charge is -2.49. The molecule has 8 nitrogen and oxygen atoms in total. The minimum absolute atomic E-state index is 0.0672. The average molecular weight is 609 g/mol. The topological polar surface area (TPSA) is 112 Å². The molecular formula is C35H29ClN2O6. The number of carbonyl (C=O) groups excluding carboxylic acids is 5. The minimum Gasteiger partial charge on any atom is -0.508 e. The summed E-state index contributed by atoms with van der Waals surface area (Å²) in [5.74, 6) is -5.15. The number of ketones is 1. The van der Waals surface area contributed by atoms with Gasteiger partial charge in [-0.05, 0) is 87.2 Å². The fourth-order valence-corrected chi connectivity index (χ4v) is 8.22. The van der Waals surface area contributed by atoms with Crippen molar-refractivity contribution < 1.29 is 29.1 Å². The summed E-state index contributed by atoms with van der Waals surface area (Å²) in [5, 5.41) is 11.5. The van der Waals surface area contributed by atoms with Crippen molar-refractivity contribution in [2.45, 2.75) is 32.6 Å². The van der Waals surface area contributed by atoms with Crippen molar-refractivity contribution in [3.8, 4) is 5.75 Å². The van der Waals surface area contributed by atoms with E-state index >= 15 is 0 Å². The van der Waals surface area contributed by atoms with Gasteiger partial charge in [0.25, 0.3) is 0 Å². The van der Waals surface area contributed by atoms with E-state index in [4.69, 9.17) is 11.6 Å². The highest BCUT2D eigenvalue weighted by Gasteiger charge is 2.68. The van der Waals surface area contributed by atoms with Crippen LogP contribution in [0.25, 0.3) is 0 Å². The molecule has 0 spiro atoms. The van der Waals surface area contributed by atoms with Crippen molar-refractivity contribution in [2.75, 3.05) is 9.80 Å². The van der Waals surface area contributed by atoms with Crippen LogP contribution in [-0.4, -0.2) is 34.5 Å². The van der Waals surface area contributed by atoms with Crippen molar-refractivity contribution in [1.82, 2.24) is 0 Å². The van der Waals surface area contributed by atoms with Crippen molar-refractivity contribution >= 4 is 52.4 Å². The van der Waals surface area contributed by atoms with E-state index in [1.807, 2.05) is 6.08 Å². The van der Waals surface area contributed by atoms with E-state index in [2.05, 4.69) is 0 Å². The van der Waals surface area contributed by atoms with Gasteiger partial charge in [-0.25, -0.2) is 4.90 Å². The molecule has 1 N–H and O–H groups in total. The standard InChI is InChI=1S/C35H29ClN2O6/c1-18(39)19-8-11-22(12-9-19)37-31(41)24-14-13-23-25(29(24)33(37)43)17-27-32(42)38(21-6-4-3-5-7-21)34(44)35(27,2)30(23)26-16-20(36)10-15-28(26)40/h3-13,15-16,24-25,27,29-30,40H,14,17H2,1-2H3/t24-,25+,27-,29-,30+,35+/m0/s1. The number of hydrogen-bond acceptors (Lipinski definition) is 6. The van der Waals surface area contributed by atoms with Crippen LogP contribution >= 0.6 is 11.6 Å². The highest BCUT2D eigenvalue weighted by Crippen LogP contribution is 2.64. The van der Waals surface area contributed by atoms with Crippen molar-refractivity contribution in [1.29, 1.82) is 0 Å². The second-order valence-corrected chi connectivity index (χ2v) is 12.8. The number of amides is 4. The number of phenols is 1. The van der Waals surface area contributed by atoms with Crippen LogP contribution in [-0.2, 0) is 19.2 Å². The number of Topliss-reactive ketones (excluding diaryl/α,β-unsaturated/α-hetero) is 1. The molecule has 222 valence electrons. The number of benzene rings is 3. The average Bonchev–Trinajstić information content (AvgIpc) is 3.38. The Balaban J connectivity index is 1.36. The zero-order valence-corrected chi connectivity index (χ0v) is 24.8. The normalized spacial score (nSPS) is 29.3. The van der Waals surface area contributed by atoms with Crippen LogP contribution in [0.4, 0.5) is 11.4 Å². The lowest BCUT2D eigenvalue weighted by Crippen LogP contribution is -2.48. The first-order valence-electron chi connectivity index (χ1n) is 14.6. The summed E-state index contributed by atoms with van der Waals surface area (Å²) >= 11 is 6.42. The van der Waals surface area contributed by atoms with Gasteiger partial charge in [-0.2, -0.15) is 0 Å². The van der Waals surface area contributed by atoms with Gasteiger partial charge in [0.15, 0.2) is 5.78 Å². The van der Waals surface area contributed by atoms with Crippen LogP contribution in [0.3, 0.4) is 0 Å². The zero-order chi connectivity index (χ0) is 31.1. The zero-order valence-electron chi connectivity index (χ0n) is 24.1. The molecule has 2 saturated heterocycles. The van der Waals surface area contributed by atoms with E-state index in [0.29, 0.717) is 27.5 Å². The Morgan fingerprint density at radius 1 is 0.864 bits per heavy atom. The summed E-state index contributed by atoms with van der Waals surface area (Å²) in [6.45, 7) is 3.21. The Hall–Kier alpha value is -4.56. The van der Waals surface area contributed by atoms with E-state index in [0.717, 1.165) is 5.57 Å². The van der Waals surface area contributed by atoms with Gasteiger partial charge in [-0.3, -0.25) is 28.9 Å². The molecule has 0 aromatic heterocycles. The van der Waals surface area contributed by atoms with Gasteiger partial charge in [0.1, 0.15) is 5.75 Å². The second-order valence-electron chi connectivity index (χ2n) is 12.3. The molecule has 6 atom stereocenters. The predicted octanol–water partition coefficient (Wildman–Crippen LogP) is 5.68. The van der Waals surface area contributed by atoms with Gasteiger partial charge >= 0.3 is 0 Å². The molecule has 9 heteroatoms. The van der Waals surface area contributed by atoms with E-state index in [-0.39, 0.29) is 48.0 Å². The number of phenolic OH excluding ortho intramolecular Hbond substituents is 1. The Morgan fingerprint density at radius 3 is 2.23 bits per heavy atom. The van der Waals surface area contributed by atoms with E-state index in [1.54, 1.807) is 73.7 Å².